The van der Waals surface area contributed by atoms with Crippen LogP contribution in [0, 0.1) is 18.3 Å². The molecule has 0 bridgehead atoms. The summed E-state index contributed by atoms with van der Waals surface area (Å²) in [7, 11) is 1.52. The number of nitrogens with one attached hydrogen (secondary N) is 2. The van der Waals surface area contributed by atoms with Crippen LogP contribution in [0.4, 0.5) is 13.6 Å². The van der Waals surface area contributed by atoms with Crippen molar-refractivity contribution in [2.24, 2.45) is 0 Å². The number of nitriles is 1. The molecule has 0 saturated carbocycles. The summed E-state index contributed by atoms with van der Waals surface area (Å²) < 4.78 is 36.9. The summed E-state index contributed by atoms with van der Waals surface area (Å²) in [6.07, 6.45) is -2.81. The van der Waals surface area contributed by atoms with Crippen LogP contribution >= 0.6 is 11.8 Å². The van der Waals surface area contributed by atoms with Crippen molar-refractivity contribution in [3.05, 3.63) is 64.0 Å². The molecule has 8 nitrogen and oxygen atoms in total. The number of urea groups is 1. The van der Waals surface area contributed by atoms with Gasteiger partial charge in [-0.05, 0) is 43.2 Å². The van der Waals surface area contributed by atoms with Crippen molar-refractivity contribution in [2.45, 2.75) is 31.3 Å². The molecular weight excluding hydrogens is 466 g/mol. The zero-order valence-electron chi connectivity index (χ0n) is 18.6. The van der Waals surface area contributed by atoms with Gasteiger partial charge in [0.15, 0.2) is 0 Å². The second kappa shape index (κ2) is 11.0. The Morgan fingerprint density at radius 1 is 1.32 bits per heavy atom. The van der Waals surface area contributed by atoms with Crippen LogP contribution in [-0.2, 0) is 9.53 Å². The van der Waals surface area contributed by atoms with E-state index in [1.54, 1.807) is 38.1 Å². The van der Waals surface area contributed by atoms with Crippen LogP contribution in [0.3, 0.4) is 0 Å². The fourth-order valence-electron chi connectivity index (χ4n) is 3.39. The highest BCUT2D eigenvalue weighted by Gasteiger charge is 2.34. The molecule has 0 radical (unpaired) electrons. The number of rotatable bonds is 8. The smallest absolute Gasteiger partial charge is 0.338 e. The third-order valence-electron chi connectivity index (χ3n) is 4.99. The van der Waals surface area contributed by atoms with E-state index >= 15 is 0 Å². The van der Waals surface area contributed by atoms with E-state index < -0.39 is 30.2 Å². The minimum absolute atomic E-state index is 0.0119. The molecule has 1 aromatic heterocycles. The minimum atomic E-state index is -2.81. The second-order valence-corrected chi connectivity index (χ2v) is 8.13. The van der Waals surface area contributed by atoms with Gasteiger partial charge in [0.2, 0.25) is 0 Å². The van der Waals surface area contributed by atoms with Crippen molar-refractivity contribution < 1.29 is 27.8 Å². The van der Waals surface area contributed by atoms with Crippen LogP contribution in [-0.4, -0.2) is 36.5 Å². The first-order valence-electron chi connectivity index (χ1n) is 10.2. The number of pyridine rings is 1. The van der Waals surface area contributed by atoms with E-state index in [1.807, 2.05) is 6.07 Å². The number of aromatic nitrogens is 1. The molecule has 1 aromatic carbocycles. The Balaban J connectivity index is 2.03. The lowest BCUT2D eigenvalue weighted by atomic mass is 9.95. The third kappa shape index (κ3) is 5.46. The molecule has 34 heavy (non-hydrogen) atoms. The van der Waals surface area contributed by atoms with Crippen molar-refractivity contribution in [3.63, 3.8) is 0 Å². The molecular formula is C23H22F2N4O4S. The summed E-state index contributed by atoms with van der Waals surface area (Å²) in [4.78, 5) is 29.2. The number of amides is 2. The number of hydrogen-bond acceptors (Lipinski definition) is 7. The molecule has 1 aliphatic heterocycles. The quantitative estimate of drug-likeness (QED) is 0.423. The van der Waals surface area contributed by atoms with Crippen molar-refractivity contribution in [2.75, 3.05) is 19.5 Å². The molecule has 0 saturated heterocycles. The Hall–Kier alpha value is -3.65. The summed E-state index contributed by atoms with van der Waals surface area (Å²) in [6.45, 7) is 3.32. The first kappa shape index (κ1) is 25.0. The van der Waals surface area contributed by atoms with Crippen LogP contribution in [0.2, 0.25) is 0 Å². The van der Waals surface area contributed by atoms with Crippen LogP contribution in [0.25, 0.3) is 0 Å². The van der Waals surface area contributed by atoms with Gasteiger partial charge in [-0.25, -0.2) is 23.4 Å². The van der Waals surface area contributed by atoms with Gasteiger partial charge in [-0.15, -0.1) is 0 Å². The number of halogens is 2. The van der Waals surface area contributed by atoms with E-state index in [4.69, 9.17) is 9.47 Å². The van der Waals surface area contributed by atoms with E-state index in [-0.39, 0.29) is 34.2 Å². The average molecular weight is 489 g/mol. The van der Waals surface area contributed by atoms with Crippen molar-refractivity contribution in [3.8, 4) is 11.8 Å². The lowest BCUT2D eigenvalue weighted by molar-refractivity contribution is -0.139. The Kier molecular flexibility index (Phi) is 8.07. The first-order chi connectivity index (χ1) is 16.3. The molecule has 178 valence electrons. The fourth-order valence-corrected chi connectivity index (χ4v) is 4.42. The number of ether oxygens (including phenoxy) is 2. The van der Waals surface area contributed by atoms with Crippen LogP contribution in [0.5, 0.6) is 5.75 Å². The standard InChI is InChI=1S/C23H22F2N4O4S/c1-4-33-22(30)18-17(11-34-21-15(10-26)12(2)9-16(27-21)20(24)25)28-23(31)29-19(18)13-5-7-14(32-3)8-6-13/h5-9,19-20H,4,11H2,1-3H3,(H2,28,29,31)/t19-/m0/s1. The number of benzene rings is 1. The SMILES string of the molecule is CCOC(=O)C1=C(CSc2nc(C(F)F)cc(C)c2C#N)NC(=O)N[C@H]1c1ccc(OC)cc1. The van der Waals surface area contributed by atoms with Crippen molar-refractivity contribution in [1.82, 2.24) is 15.6 Å². The Bertz CT molecular complexity index is 1160. The average Bonchev–Trinajstić information content (AvgIpc) is 2.82. The minimum Gasteiger partial charge on any atom is -0.497 e. The summed E-state index contributed by atoms with van der Waals surface area (Å²) in [5, 5.41) is 14.9. The zero-order valence-corrected chi connectivity index (χ0v) is 19.5. The monoisotopic (exact) mass is 488 g/mol. The summed E-state index contributed by atoms with van der Waals surface area (Å²) in [5.74, 6) is -0.0505. The molecule has 1 atom stereocenters. The number of methoxy groups -OCH3 is 1. The van der Waals surface area contributed by atoms with Gasteiger partial charge < -0.3 is 20.1 Å². The number of thioether (sulfide) groups is 1. The highest BCUT2D eigenvalue weighted by molar-refractivity contribution is 7.99. The van der Waals surface area contributed by atoms with Gasteiger partial charge in [0.1, 0.15) is 22.5 Å². The van der Waals surface area contributed by atoms with E-state index in [2.05, 4.69) is 15.6 Å². The normalized spacial score (nSPS) is 15.4. The Labute approximate surface area is 199 Å². The van der Waals surface area contributed by atoms with Gasteiger partial charge >= 0.3 is 12.0 Å². The van der Waals surface area contributed by atoms with Gasteiger partial charge in [0.05, 0.1) is 30.9 Å². The molecule has 2 heterocycles. The first-order valence-corrected chi connectivity index (χ1v) is 11.2. The van der Waals surface area contributed by atoms with Gasteiger partial charge in [-0.2, -0.15) is 5.26 Å². The number of nitrogens with zero attached hydrogens (tertiary/aromatic N) is 2. The Morgan fingerprint density at radius 3 is 2.62 bits per heavy atom. The predicted octanol–water partition coefficient (Wildman–Crippen LogP) is 4.17. The second-order valence-electron chi connectivity index (χ2n) is 7.16. The van der Waals surface area contributed by atoms with Gasteiger partial charge in [0, 0.05) is 11.4 Å². The molecule has 3 rings (SSSR count). The van der Waals surface area contributed by atoms with E-state index in [0.717, 1.165) is 11.8 Å². The Morgan fingerprint density at radius 2 is 2.03 bits per heavy atom. The van der Waals surface area contributed by atoms with Crippen molar-refractivity contribution >= 4 is 23.8 Å². The summed E-state index contributed by atoms with van der Waals surface area (Å²) >= 11 is 0.973. The van der Waals surface area contributed by atoms with Gasteiger partial charge in [-0.3, -0.25) is 0 Å². The summed E-state index contributed by atoms with van der Waals surface area (Å²) in [6, 6.07) is 8.61. The van der Waals surface area contributed by atoms with Crippen LogP contribution < -0.4 is 15.4 Å². The topological polar surface area (TPSA) is 113 Å². The third-order valence-corrected chi connectivity index (χ3v) is 5.99. The molecule has 11 heteroatoms. The molecule has 2 amide bonds. The lowest BCUT2D eigenvalue weighted by Crippen LogP contribution is -2.46. The molecule has 1 aliphatic rings. The fraction of sp³-hybridized carbons (Fsp3) is 0.304. The van der Waals surface area contributed by atoms with Gasteiger partial charge in [-0.1, -0.05) is 23.9 Å². The van der Waals surface area contributed by atoms with Crippen LogP contribution in [0.1, 0.15) is 41.8 Å². The molecule has 0 aliphatic carbocycles. The van der Waals surface area contributed by atoms with Crippen LogP contribution in [0.15, 0.2) is 46.6 Å². The van der Waals surface area contributed by atoms with E-state index in [0.29, 0.717) is 16.9 Å². The molecule has 0 spiro atoms. The number of hydrogen-bond donors (Lipinski definition) is 2. The maximum absolute atomic E-state index is 13.3. The lowest BCUT2D eigenvalue weighted by Gasteiger charge is -2.29. The van der Waals surface area contributed by atoms with E-state index in [9.17, 15) is 23.6 Å². The molecule has 2 aromatic rings. The maximum Gasteiger partial charge on any atom is 0.338 e. The number of alkyl halides is 2. The number of carbonyl (C=O) groups is 2. The highest BCUT2D eigenvalue weighted by atomic mass is 32.2. The number of aryl methyl sites for hydroxylation is 1. The highest BCUT2D eigenvalue weighted by Crippen LogP contribution is 2.33. The number of esters is 1. The molecule has 0 fully saturated rings. The maximum atomic E-state index is 13.3. The molecule has 0 unspecified atom stereocenters. The number of carbonyl (C=O) groups excluding carboxylic acids is 2. The zero-order chi connectivity index (χ0) is 24.8. The molecule has 2 N–H and O–H groups in total. The largest absolute Gasteiger partial charge is 0.497 e. The van der Waals surface area contributed by atoms with E-state index in [1.165, 1.54) is 13.2 Å². The van der Waals surface area contributed by atoms with Crippen molar-refractivity contribution in [1.29, 1.82) is 5.26 Å². The predicted molar refractivity (Wildman–Crippen MR) is 120 cm³/mol. The van der Waals surface area contributed by atoms with Gasteiger partial charge in [0.25, 0.3) is 6.43 Å². The summed E-state index contributed by atoms with van der Waals surface area (Å²) in [5.41, 5.74) is 1.08.